The summed E-state index contributed by atoms with van der Waals surface area (Å²) in [7, 11) is 0. The van der Waals surface area contributed by atoms with Crippen molar-refractivity contribution in [2.24, 2.45) is 5.92 Å². The second kappa shape index (κ2) is 8.75. The van der Waals surface area contributed by atoms with Gasteiger partial charge in [-0.1, -0.05) is 11.6 Å². The van der Waals surface area contributed by atoms with Crippen LogP contribution < -0.4 is 20.5 Å². The van der Waals surface area contributed by atoms with Crippen LogP contribution in [0.4, 0.5) is 5.69 Å². The number of carbonyl (C=O) groups is 3. The molecule has 1 aliphatic rings. The summed E-state index contributed by atoms with van der Waals surface area (Å²) in [6.07, 6.45) is 0.0792. The highest BCUT2D eigenvalue weighted by atomic mass is 35.5. The van der Waals surface area contributed by atoms with Gasteiger partial charge < -0.3 is 9.64 Å². The van der Waals surface area contributed by atoms with E-state index in [0.717, 1.165) is 5.75 Å². The van der Waals surface area contributed by atoms with Crippen LogP contribution >= 0.6 is 11.6 Å². The minimum Gasteiger partial charge on any atom is -0.494 e. The molecule has 3 amide bonds. The van der Waals surface area contributed by atoms with Gasteiger partial charge in [-0.3, -0.25) is 25.2 Å². The Bertz CT molecular complexity index is 868. The SMILES string of the molecule is CCOc1ccc(N2CC(C(=O)NNC(=O)c3ccc(Cl)cc3)CC2=O)cc1. The largest absolute Gasteiger partial charge is 0.494 e. The Balaban J connectivity index is 1.56. The first kappa shape index (κ1) is 19.7. The third-order valence-electron chi connectivity index (χ3n) is 4.36. The van der Waals surface area contributed by atoms with Gasteiger partial charge in [0, 0.05) is 29.2 Å². The average molecular weight is 402 g/mol. The smallest absolute Gasteiger partial charge is 0.269 e. The van der Waals surface area contributed by atoms with Gasteiger partial charge in [-0.05, 0) is 55.5 Å². The number of carbonyl (C=O) groups excluding carboxylic acids is 3. The van der Waals surface area contributed by atoms with Crippen molar-refractivity contribution in [3.8, 4) is 5.75 Å². The van der Waals surface area contributed by atoms with Gasteiger partial charge in [0.05, 0.1) is 12.5 Å². The van der Waals surface area contributed by atoms with E-state index in [1.54, 1.807) is 53.4 Å². The second-order valence-electron chi connectivity index (χ2n) is 6.28. The molecule has 0 spiro atoms. The van der Waals surface area contributed by atoms with Gasteiger partial charge in [-0.2, -0.15) is 0 Å². The van der Waals surface area contributed by atoms with Crippen LogP contribution in [-0.4, -0.2) is 30.9 Å². The minimum atomic E-state index is -0.551. The Morgan fingerprint density at radius 2 is 1.79 bits per heavy atom. The molecule has 0 radical (unpaired) electrons. The number of benzene rings is 2. The molecule has 28 heavy (non-hydrogen) atoms. The van der Waals surface area contributed by atoms with Crippen molar-refractivity contribution in [2.75, 3.05) is 18.1 Å². The normalized spacial score (nSPS) is 16.0. The highest BCUT2D eigenvalue weighted by molar-refractivity contribution is 6.30. The van der Waals surface area contributed by atoms with Crippen LogP contribution in [-0.2, 0) is 9.59 Å². The summed E-state index contributed by atoms with van der Waals surface area (Å²) in [6, 6.07) is 13.4. The molecule has 1 aliphatic heterocycles. The lowest BCUT2D eigenvalue weighted by atomic mass is 10.1. The van der Waals surface area contributed by atoms with E-state index in [-0.39, 0.29) is 18.9 Å². The maximum Gasteiger partial charge on any atom is 0.269 e. The number of halogens is 1. The van der Waals surface area contributed by atoms with Gasteiger partial charge in [0.15, 0.2) is 0 Å². The van der Waals surface area contributed by atoms with E-state index in [0.29, 0.717) is 22.9 Å². The fourth-order valence-electron chi connectivity index (χ4n) is 2.92. The Kier molecular flexibility index (Phi) is 6.16. The molecule has 2 N–H and O–H groups in total. The number of hydrogen-bond acceptors (Lipinski definition) is 4. The zero-order valence-corrected chi connectivity index (χ0v) is 16.0. The van der Waals surface area contributed by atoms with Gasteiger partial charge in [0.2, 0.25) is 11.8 Å². The number of nitrogens with one attached hydrogen (secondary N) is 2. The van der Waals surface area contributed by atoms with Gasteiger partial charge in [0.25, 0.3) is 5.91 Å². The summed E-state index contributed by atoms with van der Waals surface area (Å²) in [6.45, 7) is 2.70. The summed E-state index contributed by atoms with van der Waals surface area (Å²) in [4.78, 5) is 38.3. The van der Waals surface area contributed by atoms with Gasteiger partial charge in [-0.15, -0.1) is 0 Å². The summed E-state index contributed by atoms with van der Waals surface area (Å²) in [5, 5.41) is 0.513. The highest BCUT2D eigenvalue weighted by Crippen LogP contribution is 2.27. The molecular weight excluding hydrogens is 382 g/mol. The monoisotopic (exact) mass is 401 g/mol. The van der Waals surface area contributed by atoms with Crippen molar-refractivity contribution >= 4 is 35.0 Å². The van der Waals surface area contributed by atoms with Crippen molar-refractivity contribution < 1.29 is 19.1 Å². The van der Waals surface area contributed by atoms with Crippen molar-refractivity contribution in [1.82, 2.24) is 10.9 Å². The molecule has 7 nitrogen and oxygen atoms in total. The molecule has 1 unspecified atom stereocenters. The maximum absolute atomic E-state index is 12.4. The molecule has 8 heteroatoms. The number of rotatable bonds is 5. The van der Waals surface area contributed by atoms with Crippen molar-refractivity contribution in [2.45, 2.75) is 13.3 Å². The molecule has 1 saturated heterocycles. The molecule has 0 saturated carbocycles. The quantitative estimate of drug-likeness (QED) is 0.754. The lowest BCUT2D eigenvalue weighted by Gasteiger charge is -2.17. The standard InChI is InChI=1S/C20H20ClN3O4/c1-2-28-17-9-7-16(8-10-17)24-12-14(11-18(24)25)20(27)23-22-19(26)13-3-5-15(21)6-4-13/h3-10,14H,2,11-12H2,1H3,(H,22,26)(H,23,27). The van der Waals surface area contributed by atoms with E-state index in [1.807, 2.05) is 6.92 Å². The summed E-state index contributed by atoms with van der Waals surface area (Å²) >= 11 is 5.79. The molecule has 2 aromatic carbocycles. The highest BCUT2D eigenvalue weighted by Gasteiger charge is 2.35. The van der Waals surface area contributed by atoms with E-state index in [4.69, 9.17) is 16.3 Å². The zero-order valence-electron chi connectivity index (χ0n) is 15.3. The first-order chi connectivity index (χ1) is 13.5. The van der Waals surface area contributed by atoms with Gasteiger partial charge in [-0.25, -0.2) is 0 Å². The van der Waals surface area contributed by atoms with Gasteiger partial charge in [0.1, 0.15) is 5.75 Å². The van der Waals surface area contributed by atoms with Crippen LogP contribution in [0.2, 0.25) is 5.02 Å². The average Bonchev–Trinajstić information content (AvgIpc) is 3.09. The topological polar surface area (TPSA) is 87.7 Å². The van der Waals surface area contributed by atoms with Crippen molar-refractivity contribution in [3.63, 3.8) is 0 Å². The molecule has 3 rings (SSSR count). The van der Waals surface area contributed by atoms with E-state index in [2.05, 4.69) is 10.9 Å². The van der Waals surface area contributed by atoms with Crippen LogP contribution in [0.25, 0.3) is 0 Å². The second-order valence-corrected chi connectivity index (χ2v) is 6.72. The molecule has 1 fully saturated rings. The summed E-state index contributed by atoms with van der Waals surface area (Å²) in [5.41, 5.74) is 5.81. The Labute approximate surface area is 167 Å². The number of nitrogens with zero attached hydrogens (tertiary/aromatic N) is 1. The van der Waals surface area contributed by atoms with Crippen molar-refractivity contribution in [3.05, 3.63) is 59.1 Å². The molecule has 146 valence electrons. The molecule has 0 aromatic heterocycles. The van der Waals surface area contributed by atoms with E-state index in [9.17, 15) is 14.4 Å². The molecular formula is C20H20ClN3O4. The Morgan fingerprint density at radius 3 is 2.43 bits per heavy atom. The lowest BCUT2D eigenvalue weighted by molar-refractivity contribution is -0.126. The Hall–Kier alpha value is -3.06. The molecule has 0 bridgehead atoms. The fraction of sp³-hybridized carbons (Fsp3) is 0.250. The van der Waals surface area contributed by atoms with Gasteiger partial charge >= 0.3 is 0 Å². The maximum atomic E-state index is 12.4. The number of hydrazine groups is 1. The summed E-state index contributed by atoms with van der Waals surface area (Å²) in [5.74, 6) is -0.850. The predicted molar refractivity (Wildman–Crippen MR) is 105 cm³/mol. The van der Waals surface area contributed by atoms with Crippen LogP contribution in [0.3, 0.4) is 0 Å². The van der Waals surface area contributed by atoms with Crippen LogP contribution in [0.1, 0.15) is 23.7 Å². The van der Waals surface area contributed by atoms with Crippen LogP contribution in [0.5, 0.6) is 5.75 Å². The number of amides is 3. The predicted octanol–water partition coefficient (Wildman–Crippen LogP) is 2.55. The number of anilines is 1. The first-order valence-corrected chi connectivity index (χ1v) is 9.24. The van der Waals surface area contributed by atoms with Crippen LogP contribution in [0.15, 0.2) is 48.5 Å². The van der Waals surface area contributed by atoms with Crippen molar-refractivity contribution in [1.29, 1.82) is 0 Å². The third-order valence-corrected chi connectivity index (χ3v) is 4.61. The molecule has 2 aromatic rings. The van der Waals surface area contributed by atoms with Crippen LogP contribution in [0, 0.1) is 5.92 Å². The van der Waals surface area contributed by atoms with E-state index >= 15 is 0 Å². The number of ether oxygens (including phenoxy) is 1. The summed E-state index contributed by atoms with van der Waals surface area (Å²) < 4.78 is 5.39. The molecule has 1 heterocycles. The first-order valence-electron chi connectivity index (χ1n) is 8.87. The molecule has 0 aliphatic carbocycles. The zero-order chi connectivity index (χ0) is 20.1. The third kappa shape index (κ3) is 4.61. The Morgan fingerprint density at radius 1 is 1.11 bits per heavy atom. The number of hydrogen-bond donors (Lipinski definition) is 2. The molecule has 1 atom stereocenters. The fourth-order valence-corrected chi connectivity index (χ4v) is 3.04. The minimum absolute atomic E-state index is 0.0792. The lowest BCUT2D eigenvalue weighted by Crippen LogP contribution is -2.45. The van der Waals surface area contributed by atoms with E-state index in [1.165, 1.54) is 0 Å². The van der Waals surface area contributed by atoms with E-state index < -0.39 is 17.7 Å².